The van der Waals surface area contributed by atoms with Crippen molar-refractivity contribution in [1.82, 2.24) is 4.57 Å². The summed E-state index contributed by atoms with van der Waals surface area (Å²) < 4.78 is 6.80. The molecule has 0 spiro atoms. The summed E-state index contributed by atoms with van der Waals surface area (Å²) in [7, 11) is 1.73. The van der Waals surface area contributed by atoms with Crippen molar-refractivity contribution < 1.29 is 9.53 Å². The normalized spacial score (nSPS) is 11.9. The lowest BCUT2D eigenvalue weighted by Gasteiger charge is -2.12. The second-order valence-corrected chi connectivity index (χ2v) is 7.01. The monoisotopic (exact) mass is 400 g/mol. The molecule has 0 radical (unpaired) electrons. The summed E-state index contributed by atoms with van der Waals surface area (Å²) in [6, 6.07) is 9.95. The van der Waals surface area contributed by atoms with Crippen LogP contribution in [0.15, 0.2) is 54.6 Å². The van der Waals surface area contributed by atoms with Gasteiger partial charge in [0.25, 0.3) is 0 Å². The first-order valence-electron chi connectivity index (χ1n) is 8.43. The second kappa shape index (κ2) is 10.1. The Morgan fingerprint density at radius 2 is 2.15 bits per heavy atom. The topological polar surface area (TPSA) is 55.0 Å². The lowest BCUT2D eigenvalue weighted by Crippen LogP contribution is -2.10. The third kappa shape index (κ3) is 4.85. The molecule has 0 amide bonds. The molecule has 0 bridgehead atoms. The number of nitriles is 1. The predicted molar refractivity (Wildman–Crippen MR) is 112 cm³/mol. The summed E-state index contributed by atoms with van der Waals surface area (Å²) in [6.45, 7) is 5.92. The van der Waals surface area contributed by atoms with Crippen LogP contribution in [-0.4, -0.2) is 23.0 Å². The van der Waals surface area contributed by atoms with Crippen LogP contribution in [0.5, 0.6) is 0 Å². The van der Waals surface area contributed by atoms with E-state index < -0.39 is 5.97 Å². The van der Waals surface area contributed by atoms with E-state index in [0.29, 0.717) is 22.7 Å². The van der Waals surface area contributed by atoms with Crippen LogP contribution in [0, 0.1) is 11.3 Å². The highest BCUT2D eigenvalue weighted by Gasteiger charge is 2.23. The Labute approximate surface area is 169 Å². The molecule has 0 N–H and O–H groups in total. The smallest absolute Gasteiger partial charge is 0.355 e. The zero-order valence-electron chi connectivity index (χ0n) is 15.3. The van der Waals surface area contributed by atoms with Crippen LogP contribution in [-0.2, 0) is 11.8 Å². The highest BCUT2D eigenvalue weighted by molar-refractivity contribution is 8.02. The maximum Gasteiger partial charge on any atom is 0.355 e. The largest absolute Gasteiger partial charge is 0.461 e. The maximum absolute atomic E-state index is 12.4. The number of benzene rings is 1. The van der Waals surface area contributed by atoms with Crippen molar-refractivity contribution in [3.63, 3.8) is 0 Å². The molecule has 1 unspecified atom stereocenters. The van der Waals surface area contributed by atoms with Crippen molar-refractivity contribution in [1.29, 1.82) is 5.26 Å². The fourth-order valence-corrected chi connectivity index (χ4v) is 3.73. The lowest BCUT2D eigenvalue weighted by molar-refractivity contribution is 0.0516. The predicted octanol–water partition coefficient (Wildman–Crippen LogP) is 5.45. The third-order valence-corrected chi connectivity index (χ3v) is 5.21. The number of nitrogens with zero attached hydrogens (tertiary/aromatic N) is 2. The number of halogens is 1. The molecule has 0 aliphatic heterocycles. The van der Waals surface area contributed by atoms with Gasteiger partial charge < -0.3 is 9.30 Å². The van der Waals surface area contributed by atoms with Crippen LogP contribution >= 0.6 is 23.4 Å². The minimum atomic E-state index is -0.439. The van der Waals surface area contributed by atoms with E-state index in [1.54, 1.807) is 36.5 Å². The number of alkyl halides is 1. The Balaban J connectivity index is 2.42. The molecule has 0 aliphatic rings. The molecule has 140 valence electrons. The Bertz CT molecular complexity index is 879. The molecule has 0 saturated carbocycles. The summed E-state index contributed by atoms with van der Waals surface area (Å²) in [5, 5.41) is 11.5. The van der Waals surface area contributed by atoms with Gasteiger partial charge in [0.15, 0.2) is 0 Å². The summed E-state index contributed by atoms with van der Waals surface area (Å²) in [4.78, 5) is 12.4. The number of allylic oxidation sites excluding steroid dienone is 1. The van der Waals surface area contributed by atoms with Crippen LogP contribution in [0.25, 0.3) is 11.1 Å². The van der Waals surface area contributed by atoms with E-state index in [4.69, 9.17) is 16.3 Å². The number of aryl methyl sites for hydroxylation is 1. The molecular formula is C21H21ClN2O2S. The first kappa shape index (κ1) is 20.9. The first-order chi connectivity index (χ1) is 13.1. The zero-order valence-corrected chi connectivity index (χ0v) is 16.9. The molecule has 0 saturated heterocycles. The number of carbonyl (C=O) groups excluding carboxylic acids is 1. The van der Waals surface area contributed by atoms with Crippen molar-refractivity contribution in [2.75, 3.05) is 12.5 Å². The first-order valence-corrected chi connectivity index (χ1v) is 9.90. The van der Waals surface area contributed by atoms with Gasteiger partial charge in [-0.05, 0) is 23.5 Å². The Hall–Kier alpha value is -2.42. The van der Waals surface area contributed by atoms with Gasteiger partial charge in [0.2, 0.25) is 0 Å². The highest BCUT2D eigenvalue weighted by atomic mass is 35.5. The standard InChI is InChI=1S/C21H21ClN2O2S/c1-4-18(27-12-6-11-22)15-7-9-16(10-8-15)19-17(13-23)14-24(3)20(19)21(25)26-5-2/h4,6-10,12,14,18H,1,5,11H2,2-3H3/b12-6-. The fourth-order valence-electron chi connectivity index (χ4n) is 2.74. The molecule has 1 atom stereocenters. The van der Waals surface area contributed by atoms with E-state index >= 15 is 0 Å². The summed E-state index contributed by atoms with van der Waals surface area (Å²) in [5.74, 6) is 0.0310. The van der Waals surface area contributed by atoms with Gasteiger partial charge in [-0.1, -0.05) is 36.4 Å². The Kier molecular flexibility index (Phi) is 7.78. The lowest BCUT2D eigenvalue weighted by atomic mass is 9.99. The summed E-state index contributed by atoms with van der Waals surface area (Å²) >= 11 is 7.28. The quantitative estimate of drug-likeness (QED) is 0.335. The van der Waals surface area contributed by atoms with Crippen molar-refractivity contribution in [2.45, 2.75) is 12.2 Å². The van der Waals surface area contributed by atoms with Crippen molar-refractivity contribution in [3.8, 4) is 17.2 Å². The molecule has 6 heteroatoms. The molecule has 0 fully saturated rings. The van der Waals surface area contributed by atoms with E-state index in [9.17, 15) is 10.1 Å². The zero-order chi connectivity index (χ0) is 19.8. The number of esters is 1. The Morgan fingerprint density at radius 3 is 2.70 bits per heavy atom. The molecule has 2 aromatic rings. The Morgan fingerprint density at radius 1 is 1.44 bits per heavy atom. The van der Waals surface area contributed by atoms with Gasteiger partial charge in [-0.15, -0.1) is 29.9 Å². The van der Waals surface area contributed by atoms with Gasteiger partial charge in [-0.25, -0.2) is 4.79 Å². The molecule has 1 aromatic heterocycles. The van der Waals surface area contributed by atoms with Gasteiger partial charge in [-0.3, -0.25) is 0 Å². The van der Waals surface area contributed by atoms with Crippen LogP contribution in [0.4, 0.5) is 0 Å². The molecule has 1 heterocycles. The molecule has 0 aliphatic carbocycles. The average Bonchev–Trinajstić information content (AvgIpc) is 3.02. The minimum Gasteiger partial charge on any atom is -0.461 e. The van der Waals surface area contributed by atoms with Gasteiger partial charge in [0, 0.05) is 24.7 Å². The van der Waals surface area contributed by atoms with Gasteiger partial charge >= 0.3 is 5.97 Å². The summed E-state index contributed by atoms with van der Waals surface area (Å²) in [6.07, 6.45) is 5.40. The van der Waals surface area contributed by atoms with Crippen LogP contribution in [0.2, 0.25) is 0 Å². The molecule has 2 rings (SSSR count). The van der Waals surface area contributed by atoms with Crippen LogP contribution in [0.3, 0.4) is 0 Å². The number of ether oxygens (including phenoxy) is 1. The van der Waals surface area contributed by atoms with E-state index in [1.807, 2.05) is 41.8 Å². The highest BCUT2D eigenvalue weighted by Crippen LogP contribution is 2.34. The van der Waals surface area contributed by atoms with Crippen molar-refractivity contribution >= 4 is 29.3 Å². The molecule has 4 nitrogen and oxygen atoms in total. The minimum absolute atomic E-state index is 0.0919. The van der Waals surface area contributed by atoms with Gasteiger partial charge in [0.1, 0.15) is 11.8 Å². The van der Waals surface area contributed by atoms with E-state index in [0.717, 1.165) is 11.1 Å². The fraction of sp³-hybridized carbons (Fsp3) is 0.238. The van der Waals surface area contributed by atoms with E-state index in [-0.39, 0.29) is 11.9 Å². The number of carbonyl (C=O) groups is 1. The SMILES string of the molecule is C=CC(S/C=C\CCl)c1ccc(-c2c(C#N)cn(C)c2C(=O)OCC)cc1. The molecular weight excluding hydrogens is 380 g/mol. The van der Waals surface area contributed by atoms with E-state index in [1.165, 1.54) is 0 Å². The second-order valence-electron chi connectivity index (χ2n) is 5.65. The number of thioether (sulfide) groups is 1. The van der Waals surface area contributed by atoms with E-state index in [2.05, 4.69) is 12.6 Å². The number of rotatable bonds is 8. The van der Waals surface area contributed by atoms with Crippen molar-refractivity contribution in [2.24, 2.45) is 7.05 Å². The number of hydrogen-bond acceptors (Lipinski definition) is 4. The summed E-state index contributed by atoms with van der Waals surface area (Å²) in [5.41, 5.74) is 3.27. The van der Waals surface area contributed by atoms with Crippen LogP contribution < -0.4 is 0 Å². The number of hydrogen-bond donors (Lipinski definition) is 0. The average molecular weight is 401 g/mol. The van der Waals surface area contributed by atoms with Gasteiger partial charge in [0.05, 0.1) is 17.4 Å². The maximum atomic E-state index is 12.4. The van der Waals surface area contributed by atoms with Crippen molar-refractivity contribution in [3.05, 3.63) is 71.4 Å². The number of aromatic nitrogens is 1. The molecule has 27 heavy (non-hydrogen) atoms. The van der Waals surface area contributed by atoms with Crippen LogP contribution in [0.1, 0.15) is 33.8 Å². The molecule has 1 aromatic carbocycles. The third-order valence-electron chi connectivity index (χ3n) is 3.92. The van der Waals surface area contributed by atoms with Gasteiger partial charge in [-0.2, -0.15) is 5.26 Å².